The normalized spacial score (nSPS) is 10.2. The van der Waals surface area contributed by atoms with Crippen LogP contribution in [0.2, 0.25) is 5.02 Å². The maximum absolute atomic E-state index is 12.9. The van der Waals surface area contributed by atoms with E-state index in [1.54, 1.807) is 48.5 Å². The van der Waals surface area contributed by atoms with Gasteiger partial charge in [-0.25, -0.2) is 9.37 Å². The number of anilines is 3. The molecule has 0 aliphatic rings. The van der Waals surface area contributed by atoms with E-state index in [0.717, 1.165) is 5.69 Å². The molecule has 0 atom stereocenters. The van der Waals surface area contributed by atoms with Gasteiger partial charge in [0.15, 0.2) is 0 Å². The number of nitrogens with zero attached hydrogens (tertiary/aromatic N) is 1. The zero-order valence-electron chi connectivity index (χ0n) is 12.5. The Bertz CT molecular complexity index is 851. The molecule has 0 aliphatic carbocycles. The molecule has 1 aromatic heterocycles. The zero-order valence-corrected chi connectivity index (χ0v) is 13.2. The summed E-state index contributed by atoms with van der Waals surface area (Å²) in [6.07, 6.45) is 1.54. The molecular formula is C18H13ClFN3O. The maximum atomic E-state index is 12.9. The van der Waals surface area contributed by atoms with Crippen molar-refractivity contribution in [3.05, 3.63) is 83.3 Å². The minimum atomic E-state index is -0.299. The SMILES string of the molecule is O=C(Nc1ccc(Nc2ccc(F)cc2)nc1)c1cccc(Cl)c1. The Balaban J connectivity index is 1.66. The summed E-state index contributed by atoms with van der Waals surface area (Å²) in [6.45, 7) is 0. The summed E-state index contributed by atoms with van der Waals surface area (Å²) < 4.78 is 12.9. The lowest BCUT2D eigenvalue weighted by molar-refractivity contribution is 0.102. The molecule has 0 unspecified atom stereocenters. The molecule has 0 bridgehead atoms. The van der Waals surface area contributed by atoms with Gasteiger partial charge in [-0.3, -0.25) is 4.79 Å². The second-order valence-corrected chi connectivity index (χ2v) is 5.46. The summed E-state index contributed by atoms with van der Waals surface area (Å²) in [6, 6.07) is 16.1. The molecule has 1 amide bonds. The van der Waals surface area contributed by atoms with E-state index in [9.17, 15) is 9.18 Å². The van der Waals surface area contributed by atoms with Crippen molar-refractivity contribution < 1.29 is 9.18 Å². The first-order chi connectivity index (χ1) is 11.6. The van der Waals surface area contributed by atoms with E-state index in [2.05, 4.69) is 15.6 Å². The quantitative estimate of drug-likeness (QED) is 0.711. The van der Waals surface area contributed by atoms with Crippen LogP contribution in [-0.2, 0) is 0 Å². The number of rotatable bonds is 4. The van der Waals surface area contributed by atoms with Crippen molar-refractivity contribution in [1.82, 2.24) is 4.98 Å². The molecule has 0 fully saturated rings. The Hall–Kier alpha value is -2.92. The van der Waals surface area contributed by atoms with Crippen molar-refractivity contribution >= 4 is 34.7 Å². The monoisotopic (exact) mass is 341 g/mol. The number of amides is 1. The molecular weight excluding hydrogens is 329 g/mol. The number of hydrogen-bond donors (Lipinski definition) is 2. The lowest BCUT2D eigenvalue weighted by atomic mass is 10.2. The van der Waals surface area contributed by atoms with Gasteiger partial charge in [0.05, 0.1) is 11.9 Å². The van der Waals surface area contributed by atoms with Gasteiger partial charge in [0.25, 0.3) is 5.91 Å². The minimum absolute atomic E-state index is 0.265. The summed E-state index contributed by atoms with van der Waals surface area (Å²) in [5.74, 6) is 0.0218. The van der Waals surface area contributed by atoms with E-state index in [-0.39, 0.29) is 11.7 Å². The first-order valence-corrected chi connectivity index (χ1v) is 7.53. The van der Waals surface area contributed by atoms with E-state index in [4.69, 9.17) is 11.6 Å². The van der Waals surface area contributed by atoms with Gasteiger partial charge >= 0.3 is 0 Å². The van der Waals surface area contributed by atoms with E-state index >= 15 is 0 Å². The summed E-state index contributed by atoms with van der Waals surface area (Å²) in [4.78, 5) is 16.3. The van der Waals surface area contributed by atoms with Gasteiger partial charge in [0.1, 0.15) is 11.6 Å². The molecule has 0 spiro atoms. The first-order valence-electron chi connectivity index (χ1n) is 7.16. The Kier molecular flexibility index (Phi) is 4.72. The summed E-state index contributed by atoms with van der Waals surface area (Å²) in [5.41, 5.74) is 1.75. The molecule has 4 nitrogen and oxygen atoms in total. The summed E-state index contributed by atoms with van der Waals surface area (Å²) in [5, 5.41) is 6.29. The number of benzene rings is 2. The summed E-state index contributed by atoms with van der Waals surface area (Å²) >= 11 is 5.88. The number of pyridine rings is 1. The summed E-state index contributed by atoms with van der Waals surface area (Å²) in [7, 11) is 0. The number of carbonyl (C=O) groups is 1. The van der Waals surface area contributed by atoms with Gasteiger partial charge in [0.2, 0.25) is 0 Å². The van der Waals surface area contributed by atoms with Crippen LogP contribution >= 0.6 is 11.6 Å². The Morgan fingerprint density at radius 1 is 1.00 bits per heavy atom. The van der Waals surface area contributed by atoms with Crippen LogP contribution in [0.25, 0.3) is 0 Å². The average molecular weight is 342 g/mol. The number of aromatic nitrogens is 1. The molecule has 0 saturated carbocycles. The fourth-order valence-corrected chi connectivity index (χ4v) is 2.25. The van der Waals surface area contributed by atoms with Gasteiger partial charge in [-0.1, -0.05) is 17.7 Å². The first kappa shape index (κ1) is 16.0. The van der Waals surface area contributed by atoms with Gasteiger partial charge in [-0.05, 0) is 54.6 Å². The molecule has 0 aliphatic heterocycles. The molecule has 2 aromatic carbocycles. The third kappa shape index (κ3) is 4.08. The molecule has 1 heterocycles. The third-order valence-corrected chi connectivity index (χ3v) is 3.46. The number of hydrogen-bond acceptors (Lipinski definition) is 3. The van der Waals surface area contributed by atoms with Crippen LogP contribution in [-0.4, -0.2) is 10.9 Å². The predicted octanol–water partition coefficient (Wildman–Crippen LogP) is 4.87. The van der Waals surface area contributed by atoms with Crippen LogP contribution < -0.4 is 10.6 Å². The fraction of sp³-hybridized carbons (Fsp3) is 0. The van der Waals surface area contributed by atoms with E-state index in [0.29, 0.717) is 22.1 Å². The second kappa shape index (κ2) is 7.10. The van der Waals surface area contributed by atoms with Gasteiger partial charge < -0.3 is 10.6 Å². The lowest BCUT2D eigenvalue weighted by Crippen LogP contribution is -2.12. The highest BCUT2D eigenvalue weighted by molar-refractivity contribution is 6.31. The van der Waals surface area contributed by atoms with E-state index in [1.165, 1.54) is 18.3 Å². The van der Waals surface area contributed by atoms with Crippen molar-refractivity contribution in [2.45, 2.75) is 0 Å². The van der Waals surface area contributed by atoms with Crippen molar-refractivity contribution in [3.8, 4) is 0 Å². The fourth-order valence-electron chi connectivity index (χ4n) is 2.06. The molecule has 3 rings (SSSR count). The van der Waals surface area contributed by atoms with Crippen molar-refractivity contribution in [1.29, 1.82) is 0 Å². The van der Waals surface area contributed by atoms with Crippen LogP contribution in [0, 0.1) is 5.82 Å². The Morgan fingerprint density at radius 2 is 1.75 bits per heavy atom. The highest BCUT2D eigenvalue weighted by Gasteiger charge is 2.07. The number of nitrogens with one attached hydrogen (secondary N) is 2. The van der Waals surface area contributed by atoms with Gasteiger partial charge in [-0.15, -0.1) is 0 Å². The van der Waals surface area contributed by atoms with Crippen LogP contribution in [0.5, 0.6) is 0 Å². The maximum Gasteiger partial charge on any atom is 0.255 e. The second-order valence-electron chi connectivity index (χ2n) is 5.03. The molecule has 3 aromatic rings. The molecule has 0 radical (unpaired) electrons. The third-order valence-electron chi connectivity index (χ3n) is 3.22. The van der Waals surface area contributed by atoms with Crippen molar-refractivity contribution in [2.75, 3.05) is 10.6 Å². The standard InChI is InChI=1S/C18H13ClFN3O/c19-13-3-1-2-12(10-13)18(24)23-16-8-9-17(21-11-16)22-15-6-4-14(20)5-7-15/h1-11H,(H,21,22)(H,23,24). The van der Waals surface area contributed by atoms with Crippen LogP contribution in [0.15, 0.2) is 66.9 Å². The zero-order chi connectivity index (χ0) is 16.9. The number of carbonyl (C=O) groups excluding carboxylic acids is 1. The topological polar surface area (TPSA) is 54.0 Å². The van der Waals surface area contributed by atoms with Crippen LogP contribution in [0.1, 0.15) is 10.4 Å². The smallest absolute Gasteiger partial charge is 0.255 e. The Morgan fingerprint density at radius 3 is 2.42 bits per heavy atom. The molecule has 0 saturated heterocycles. The minimum Gasteiger partial charge on any atom is -0.340 e. The lowest BCUT2D eigenvalue weighted by Gasteiger charge is -2.08. The number of halogens is 2. The van der Waals surface area contributed by atoms with Crippen LogP contribution in [0.4, 0.5) is 21.6 Å². The largest absolute Gasteiger partial charge is 0.340 e. The predicted molar refractivity (Wildman–Crippen MR) is 93.3 cm³/mol. The van der Waals surface area contributed by atoms with Gasteiger partial charge in [-0.2, -0.15) is 0 Å². The average Bonchev–Trinajstić information content (AvgIpc) is 2.59. The van der Waals surface area contributed by atoms with Crippen molar-refractivity contribution in [2.24, 2.45) is 0 Å². The van der Waals surface area contributed by atoms with Crippen LogP contribution in [0.3, 0.4) is 0 Å². The highest BCUT2D eigenvalue weighted by Crippen LogP contribution is 2.17. The van der Waals surface area contributed by atoms with Crippen molar-refractivity contribution in [3.63, 3.8) is 0 Å². The van der Waals surface area contributed by atoms with E-state index in [1.807, 2.05) is 0 Å². The molecule has 6 heteroatoms. The highest BCUT2D eigenvalue weighted by atomic mass is 35.5. The van der Waals surface area contributed by atoms with Gasteiger partial charge in [0, 0.05) is 16.3 Å². The molecule has 120 valence electrons. The Labute approximate surface area is 143 Å². The molecule has 24 heavy (non-hydrogen) atoms. The van der Waals surface area contributed by atoms with E-state index < -0.39 is 0 Å². The molecule has 2 N–H and O–H groups in total.